The molecule has 29 heavy (non-hydrogen) atoms. The number of benzene rings is 3. The summed E-state index contributed by atoms with van der Waals surface area (Å²) >= 11 is 0. The summed E-state index contributed by atoms with van der Waals surface area (Å²) in [6, 6.07) is 19.5. The smallest absolute Gasteiger partial charge is 0.255 e. The fraction of sp³-hybridized carbons (Fsp3) is 0.143. The van der Waals surface area contributed by atoms with Gasteiger partial charge in [-0.3, -0.25) is 4.79 Å². The number of amides is 1. The van der Waals surface area contributed by atoms with E-state index in [0.717, 1.165) is 20.6 Å². The number of ether oxygens (including phenoxy) is 1. The van der Waals surface area contributed by atoms with Gasteiger partial charge < -0.3 is 4.74 Å². The van der Waals surface area contributed by atoms with Crippen LogP contribution in [0.3, 0.4) is 0 Å². The van der Waals surface area contributed by atoms with Crippen LogP contribution in [0.5, 0.6) is 5.75 Å². The average molecular weight is 411 g/mol. The number of likely N-dealkylation sites (N-methyl/N-ethyl adjacent to an activating group) is 1. The molecule has 0 radical (unpaired) electrons. The lowest BCUT2D eigenvalue weighted by Crippen LogP contribution is -2.36. The molecule has 1 N–H and O–H groups in total. The molecule has 0 saturated heterocycles. The van der Waals surface area contributed by atoms with Gasteiger partial charge in [-0.05, 0) is 40.6 Å². The van der Waals surface area contributed by atoms with Crippen molar-refractivity contribution in [3.8, 4) is 5.75 Å². The van der Waals surface area contributed by atoms with Crippen LogP contribution >= 0.6 is 0 Å². The van der Waals surface area contributed by atoms with Crippen LogP contribution in [0.25, 0.3) is 10.8 Å². The fourth-order valence-corrected chi connectivity index (χ4v) is 3.89. The Hall–Kier alpha value is -3.23. The zero-order chi connectivity index (χ0) is 20.9. The SMILES string of the molecule is COc1cccc(/C=N/NC(=O)CN(C)S(=O)(=O)c2ccc3ccccc3c2)c1. The fourth-order valence-electron chi connectivity index (χ4n) is 2.73. The van der Waals surface area contributed by atoms with Gasteiger partial charge in [-0.1, -0.05) is 42.5 Å². The third kappa shape index (κ3) is 4.98. The highest BCUT2D eigenvalue weighted by Gasteiger charge is 2.23. The molecule has 8 heteroatoms. The van der Waals surface area contributed by atoms with E-state index in [4.69, 9.17) is 4.74 Å². The molecule has 3 aromatic rings. The molecule has 0 aliphatic carbocycles. The average Bonchev–Trinajstić information content (AvgIpc) is 2.73. The maximum absolute atomic E-state index is 12.8. The van der Waals surface area contributed by atoms with Crippen LogP contribution < -0.4 is 10.2 Å². The Labute approximate surface area is 169 Å². The minimum Gasteiger partial charge on any atom is -0.497 e. The molecule has 0 aliphatic rings. The first-order valence-electron chi connectivity index (χ1n) is 8.81. The quantitative estimate of drug-likeness (QED) is 0.478. The van der Waals surface area contributed by atoms with Gasteiger partial charge in [0.25, 0.3) is 5.91 Å². The zero-order valence-electron chi connectivity index (χ0n) is 16.1. The minimum atomic E-state index is -3.81. The lowest BCUT2D eigenvalue weighted by atomic mass is 10.1. The molecule has 0 spiro atoms. The molecule has 0 unspecified atom stereocenters. The van der Waals surface area contributed by atoms with Crippen molar-refractivity contribution >= 4 is 32.9 Å². The van der Waals surface area contributed by atoms with Crippen molar-refractivity contribution in [2.45, 2.75) is 4.90 Å². The summed E-state index contributed by atoms with van der Waals surface area (Å²) in [5.41, 5.74) is 3.07. The van der Waals surface area contributed by atoms with E-state index in [-0.39, 0.29) is 11.4 Å². The van der Waals surface area contributed by atoms with Crippen LogP contribution in [0.1, 0.15) is 5.56 Å². The molecule has 0 aromatic heterocycles. The molecule has 3 aromatic carbocycles. The Balaban J connectivity index is 1.65. The van der Waals surface area contributed by atoms with Crippen molar-refractivity contribution in [2.24, 2.45) is 5.10 Å². The summed E-state index contributed by atoms with van der Waals surface area (Å²) in [6.07, 6.45) is 1.46. The molecule has 3 rings (SSSR count). The van der Waals surface area contributed by atoms with E-state index in [1.54, 1.807) is 43.5 Å². The standard InChI is InChI=1S/C21H21N3O4S/c1-24(15-21(25)23-22-14-16-6-5-9-19(12-16)28-2)29(26,27)20-11-10-17-7-3-4-8-18(17)13-20/h3-14H,15H2,1-2H3,(H,23,25)/b22-14+. The molecule has 0 aliphatic heterocycles. The zero-order valence-corrected chi connectivity index (χ0v) is 16.9. The predicted molar refractivity (Wildman–Crippen MR) is 112 cm³/mol. The van der Waals surface area contributed by atoms with E-state index < -0.39 is 15.9 Å². The number of hydrogen-bond donors (Lipinski definition) is 1. The number of carbonyl (C=O) groups is 1. The summed E-state index contributed by atoms with van der Waals surface area (Å²) in [6.45, 7) is -0.357. The summed E-state index contributed by atoms with van der Waals surface area (Å²) in [5, 5.41) is 5.62. The highest BCUT2D eigenvalue weighted by Crippen LogP contribution is 2.21. The van der Waals surface area contributed by atoms with Gasteiger partial charge >= 0.3 is 0 Å². The molecule has 1 amide bonds. The van der Waals surface area contributed by atoms with E-state index in [9.17, 15) is 13.2 Å². The van der Waals surface area contributed by atoms with Crippen LogP contribution in [0.2, 0.25) is 0 Å². The lowest BCUT2D eigenvalue weighted by Gasteiger charge is -2.16. The van der Waals surface area contributed by atoms with Crippen molar-refractivity contribution in [3.05, 3.63) is 72.3 Å². The van der Waals surface area contributed by atoms with E-state index >= 15 is 0 Å². The number of fused-ring (bicyclic) bond motifs is 1. The summed E-state index contributed by atoms with van der Waals surface area (Å²) in [7, 11) is -0.891. The van der Waals surface area contributed by atoms with Gasteiger partial charge in [0.05, 0.1) is 24.8 Å². The number of nitrogens with one attached hydrogen (secondary N) is 1. The van der Waals surface area contributed by atoms with Crippen LogP contribution in [0.4, 0.5) is 0 Å². The lowest BCUT2D eigenvalue weighted by molar-refractivity contribution is -0.121. The van der Waals surface area contributed by atoms with Gasteiger partial charge in [0.2, 0.25) is 10.0 Å². The van der Waals surface area contributed by atoms with Gasteiger partial charge in [0.15, 0.2) is 0 Å². The van der Waals surface area contributed by atoms with E-state index in [0.29, 0.717) is 5.75 Å². The van der Waals surface area contributed by atoms with E-state index in [2.05, 4.69) is 10.5 Å². The van der Waals surface area contributed by atoms with Crippen LogP contribution in [0.15, 0.2) is 76.7 Å². The molecule has 0 saturated carbocycles. The first-order valence-corrected chi connectivity index (χ1v) is 10.3. The molecule has 0 heterocycles. The normalized spacial score (nSPS) is 11.8. The molecule has 150 valence electrons. The summed E-state index contributed by atoms with van der Waals surface area (Å²) in [4.78, 5) is 12.2. The van der Waals surface area contributed by atoms with Crippen molar-refractivity contribution in [1.82, 2.24) is 9.73 Å². The molecule has 0 atom stereocenters. The Morgan fingerprint density at radius 2 is 1.83 bits per heavy atom. The molecular formula is C21H21N3O4S. The number of methoxy groups -OCH3 is 1. The van der Waals surface area contributed by atoms with Crippen LogP contribution in [0, 0.1) is 0 Å². The van der Waals surface area contributed by atoms with E-state index in [1.165, 1.54) is 19.3 Å². The predicted octanol–water partition coefficient (Wildman–Crippen LogP) is 2.62. The first-order chi connectivity index (χ1) is 13.9. The van der Waals surface area contributed by atoms with Crippen molar-refractivity contribution in [3.63, 3.8) is 0 Å². The maximum Gasteiger partial charge on any atom is 0.255 e. The van der Waals surface area contributed by atoms with Crippen molar-refractivity contribution in [2.75, 3.05) is 20.7 Å². The van der Waals surface area contributed by atoms with Gasteiger partial charge in [0, 0.05) is 7.05 Å². The second kappa shape index (κ2) is 8.85. The monoisotopic (exact) mass is 411 g/mol. The minimum absolute atomic E-state index is 0.131. The van der Waals surface area contributed by atoms with Crippen molar-refractivity contribution in [1.29, 1.82) is 0 Å². The number of sulfonamides is 1. The Morgan fingerprint density at radius 1 is 1.07 bits per heavy atom. The third-order valence-corrected chi connectivity index (χ3v) is 6.09. The summed E-state index contributed by atoms with van der Waals surface area (Å²) in [5.74, 6) is 0.123. The number of rotatable bonds is 7. The maximum atomic E-state index is 12.8. The molecule has 0 bridgehead atoms. The highest BCUT2D eigenvalue weighted by molar-refractivity contribution is 7.89. The molecule has 7 nitrogen and oxygen atoms in total. The Bertz CT molecular complexity index is 1160. The Morgan fingerprint density at radius 3 is 2.59 bits per heavy atom. The van der Waals surface area contributed by atoms with Gasteiger partial charge in [-0.25, -0.2) is 13.8 Å². The Kier molecular flexibility index (Phi) is 6.26. The second-order valence-corrected chi connectivity index (χ2v) is 8.38. The third-order valence-electron chi connectivity index (χ3n) is 4.29. The summed E-state index contributed by atoms with van der Waals surface area (Å²) < 4.78 is 31.7. The number of carbonyl (C=O) groups excluding carboxylic acids is 1. The second-order valence-electron chi connectivity index (χ2n) is 6.34. The van der Waals surface area contributed by atoms with Gasteiger partial charge in [-0.15, -0.1) is 0 Å². The first kappa shape index (κ1) is 20.5. The number of hydrazone groups is 1. The van der Waals surface area contributed by atoms with Crippen molar-refractivity contribution < 1.29 is 17.9 Å². The number of nitrogens with zero attached hydrogens (tertiary/aromatic N) is 2. The topological polar surface area (TPSA) is 88.1 Å². The molecule has 0 fully saturated rings. The molecular weight excluding hydrogens is 390 g/mol. The van der Waals surface area contributed by atoms with Gasteiger partial charge in [0.1, 0.15) is 5.75 Å². The van der Waals surface area contributed by atoms with E-state index in [1.807, 2.05) is 24.3 Å². The van der Waals surface area contributed by atoms with Crippen LogP contribution in [-0.4, -0.2) is 45.5 Å². The van der Waals surface area contributed by atoms with Crippen LogP contribution in [-0.2, 0) is 14.8 Å². The number of hydrogen-bond acceptors (Lipinski definition) is 5. The largest absolute Gasteiger partial charge is 0.497 e. The highest BCUT2D eigenvalue weighted by atomic mass is 32.2. The van der Waals surface area contributed by atoms with Gasteiger partial charge in [-0.2, -0.15) is 9.41 Å².